The van der Waals surface area contributed by atoms with Crippen LogP contribution in [0.15, 0.2) is 18.2 Å². The van der Waals surface area contributed by atoms with Crippen LogP contribution < -0.4 is 5.32 Å². The number of unbranched alkanes of at least 4 members (excludes halogenated alkanes) is 6. The van der Waals surface area contributed by atoms with Crippen molar-refractivity contribution in [1.82, 2.24) is 5.32 Å². The summed E-state index contributed by atoms with van der Waals surface area (Å²) >= 11 is 0. The molecule has 0 saturated carbocycles. The van der Waals surface area contributed by atoms with Gasteiger partial charge in [0, 0.05) is 24.7 Å². The molecule has 0 spiro atoms. The number of hydrogen-bond acceptors (Lipinski definition) is 6. The Morgan fingerprint density at radius 1 is 0.911 bits per heavy atom. The molecule has 0 heterocycles. The molecular weight excluding hydrogens is 591 g/mol. The van der Waals surface area contributed by atoms with Crippen molar-refractivity contribution in [2.24, 2.45) is 17.8 Å². The first-order chi connectivity index (χ1) is 21.1. The molecule has 1 aromatic carbocycles. The van der Waals surface area contributed by atoms with E-state index in [0.717, 1.165) is 31.4 Å². The van der Waals surface area contributed by atoms with Gasteiger partial charge in [-0.1, -0.05) is 84.8 Å². The second-order valence-corrected chi connectivity index (χ2v) is 12.3. The number of ketones is 2. The molecule has 1 amide bonds. The smallest absolute Gasteiger partial charge is 0.417 e. The van der Waals surface area contributed by atoms with Crippen molar-refractivity contribution < 1.29 is 47.0 Å². The zero-order valence-corrected chi connectivity index (χ0v) is 27.3. The quantitative estimate of drug-likeness (QED) is 0.0992. The zero-order valence-electron chi connectivity index (χ0n) is 27.3. The molecule has 2 unspecified atom stereocenters. The topological polar surface area (TPSA) is 127 Å². The zero-order chi connectivity index (χ0) is 34.2. The number of rotatable bonds is 22. The molecule has 0 radical (unpaired) electrons. The van der Waals surface area contributed by atoms with Crippen LogP contribution in [0.2, 0.25) is 0 Å². The second kappa shape index (κ2) is 20.0. The van der Waals surface area contributed by atoms with Crippen LogP contribution in [-0.2, 0) is 30.1 Å². The third kappa shape index (κ3) is 15.1. The van der Waals surface area contributed by atoms with Crippen molar-refractivity contribution in [1.29, 1.82) is 0 Å². The van der Waals surface area contributed by atoms with Gasteiger partial charge in [-0.15, -0.1) is 0 Å². The first-order valence-corrected chi connectivity index (χ1v) is 16.0. The van der Waals surface area contributed by atoms with E-state index in [9.17, 15) is 42.3 Å². The largest absolute Gasteiger partial charge is 0.481 e. The van der Waals surface area contributed by atoms with Crippen LogP contribution in [0.1, 0.15) is 126 Å². The molecule has 0 aliphatic heterocycles. The summed E-state index contributed by atoms with van der Waals surface area (Å²) in [5, 5.41) is 12.0. The van der Waals surface area contributed by atoms with Crippen LogP contribution in [-0.4, -0.2) is 47.2 Å². The number of carboxylic acid groups (broad SMARTS) is 1. The summed E-state index contributed by atoms with van der Waals surface area (Å²) in [6, 6.07) is 2.29. The number of carbonyl (C=O) groups is 5. The molecule has 11 heteroatoms. The maximum atomic E-state index is 13.5. The number of aryl methyl sites for hydroxylation is 1. The van der Waals surface area contributed by atoms with E-state index in [0.29, 0.717) is 12.8 Å². The van der Waals surface area contributed by atoms with E-state index in [4.69, 9.17) is 4.74 Å². The highest BCUT2D eigenvalue weighted by molar-refractivity contribution is 5.96. The molecule has 45 heavy (non-hydrogen) atoms. The third-order valence-corrected chi connectivity index (χ3v) is 7.84. The van der Waals surface area contributed by atoms with E-state index in [1.807, 2.05) is 13.8 Å². The second-order valence-electron chi connectivity index (χ2n) is 12.3. The van der Waals surface area contributed by atoms with Gasteiger partial charge in [0.2, 0.25) is 5.91 Å². The van der Waals surface area contributed by atoms with Gasteiger partial charge < -0.3 is 15.2 Å². The van der Waals surface area contributed by atoms with E-state index in [2.05, 4.69) is 12.2 Å². The molecule has 1 rings (SSSR count). The number of esters is 1. The van der Waals surface area contributed by atoms with Crippen molar-refractivity contribution >= 4 is 29.4 Å². The van der Waals surface area contributed by atoms with Gasteiger partial charge in [-0.3, -0.25) is 19.2 Å². The summed E-state index contributed by atoms with van der Waals surface area (Å²) in [7, 11) is 0. The number of ether oxygens (including phenoxy) is 1. The molecule has 254 valence electrons. The Bertz CT molecular complexity index is 1130. The Labute approximate surface area is 264 Å². The third-order valence-electron chi connectivity index (χ3n) is 7.84. The number of carbonyl (C=O) groups excluding carboxylic acids is 4. The molecular formula is C34H50F3NO7. The first kappa shape index (κ1) is 39.8. The lowest BCUT2D eigenvalue weighted by Gasteiger charge is -2.24. The number of Topliss-reactive ketones (excluding diaryl/α,β-unsaturated/α-hetero) is 2. The highest BCUT2D eigenvalue weighted by Crippen LogP contribution is 2.33. The lowest BCUT2D eigenvalue weighted by Crippen LogP contribution is -2.45. The fourth-order valence-corrected chi connectivity index (χ4v) is 5.16. The van der Waals surface area contributed by atoms with Gasteiger partial charge in [0.05, 0.1) is 17.2 Å². The molecule has 0 aliphatic carbocycles. The SMILES string of the molecule is CCCCCCCCCC(C)C(=O)NC(CC(C)C)C(=O)C[C@@H](CCC(=O)O)C(=O)COC(=O)c1c(C)cccc1C(F)(F)F. The van der Waals surface area contributed by atoms with Gasteiger partial charge in [-0.2, -0.15) is 13.2 Å². The van der Waals surface area contributed by atoms with E-state index >= 15 is 0 Å². The molecule has 1 aromatic rings. The van der Waals surface area contributed by atoms with Crippen LogP contribution in [0, 0.1) is 24.7 Å². The molecule has 0 aliphatic rings. The normalized spacial score (nSPS) is 13.6. The number of halogens is 3. The number of aliphatic carboxylic acids is 1. The predicted molar refractivity (Wildman–Crippen MR) is 165 cm³/mol. The number of carboxylic acids is 1. The minimum Gasteiger partial charge on any atom is -0.481 e. The minimum atomic E-state index is -4.83. The van der Waals surface area contributed by atoms with E-state index in [1.54, 1.807) is 6.92 Å². The van der Waals surface area contributed by atoms with Crippen LogP contribution in [0.4, 0.5) is 13.2 Å². The fraction of sp³-hybridized carbons (Fsp3) is 0.676. The standard InChI is InChI=1S/C34H50F3NO7/c1-6-7-8-9-10-11-12-14-24(5)32(43)38-27(19-22(2)3)28(39)20-25(17-18-30(41)42)29(40)21-45-33(44)31-23(4)15-13-16-26(31)34(35,36)37/h13,15-16,22,24-25,27H,6-12,14,17-21H2,1-5H3,(H,38,43)(H,41,42)/t24?,25-,27?/m1/s1. The van der Waals surface area contributed by atoms with Crippen molar-refractivity contribution in [3.8, 4) is 0 Å². The Morgan fingerprint density at radius 2 is 1.53 bits per heavy atom. The average molecular weight is 642 g/mol. The average Bonchev–Trinajstić information content (AvgIpc) is 2.95. The molecule has 8 nitrogen and oxygen atoms in total. The maximum absolute atomic E-state index is 13.5. The molecule has 0 aromatic heterocycles. The van der Waals surface area contributed by atoms with Crippen LogP contribution in [0.25, 0.3) is 0 Å². The van der Waals surface area contributed by atoms with Crippen LogP contribution >= 0.6 is 0 Å². The van der Waals surface area contributed by atoms with Crippen molar-refractivity contribution in [2.75, 3.05) is 6.61 Å². The molecule has 0 fully saturated rings. The highest BCUT2D eigenvalue weighted by atomic mass is 19.4. The Balaban J connectivity index is 2.93. The first-order valence-electron chi connectivity index (χ1n) is 16.0. The number of nitrogens with one attached hydrogen (secondary N) is 1. The molecule has 2 N–H and O–H groups in total. The fourth-order valence-electron chi connectivity index (χ4n) is 5.16. The Hall–Kier alpha value is -3.24. The van der Waals surface area contributed by atoms with Crippen molar-refractivity contribution in [2.45, 2.75) is 124 Å². The van der Waals surface area contributed by atoms with E-state index in [1.165, 1.54) is 38.7 Å². The summed E-state index contributed by atoms with van der Waals surface area (Å²) in [4.78, 5) is 63.3. The number of amides is 1. The maximum Gasteiger partial charge on any atom is 0.417 e. The van der Waals surface area contributed by atoms with Crippen molar-refractivity contribution in [3.05, 3.63) is 34.9 Å². The summed E-state index contributed by atoms with van der Waals surface area (Å²) in [6.45, 7) is 8.09. The van der Waals surface area contributed by atoms with Gasteiger partial charge in [0.15, 0.2) is 18.2 Å². The van der Waals surface area contributed by atoms with Crippen LogP contribution in [0.5, 0.6) is 0 Å². The van der Waals surface area contributed by atoms with Gasteiger partial charge in [-0.05, 0) is 43.7 Å². The summed E-state index contributed by atoms with van der Waals surface area (Å²) in [6.07, 6.45) is 2.82. The van der Waals surface area contributed by atoms with Gasteiger partial charge >= 0.3 is 18.1 Å². The summed E-state index contributed by atoms with van der Waals surface area (Å²) in [5.74, 6) is -5.57. The molecule has 3 atom stereocenters. The van der Waals surface area contributed by atoms with Gasteiger partial charge in [0.25, 0.3) is 0 Å². The van der Waals surface area contributed by atoms with Crippen molar-refractivity contribution in [3.63, 3.8) is 0 Å². The van der Waals surface area contributed by atoms with Gasteiger partial charge in [0.1, 0.15) is 0 Å². The summed E-state index contributed by atoms with van der Waals surface area (Å²) in [5.41, 5.74) is -1.92. The highest BCUT2D eigenvalue weighted by Gasteiger charge is 2.37. The van der Waals surface area contributed by atoms with E-state index < -0.39 is 72.2 Å². The van der Waals surface area contributed by atoms with E-state index in [-0.39, 0.29) is 29.7 Å². The number of hydrogen-bond donors (Lipinski definition) is 2. The Kier molecular flexibility index (Phi) is 17.7. The Morgan fingerprint density at radius 3 is 2.11 bits per heavy atom. The summed E-state index contributed by atoms with van der Waals surface area (Å²) < 4.78 is 45.4. The van der Waals surface area contributed by atoms with Crippen LogP contribution in [0.3, 0.4) is 0 Å². The number of alkyl halides is 3. The minimum absolute atomic E-state index is 0.00773. The monoisotopic (exact) mass is 641 g/mol. The number of benzene rings is 1. The lowest BCUT2D eigenvalue weighted by molar-refractivity contribution is -0.138. The molecule has 0 bridgehead atoms. The molecule has 0 saturated heterocycles. The van der Waals surface area contributed by atoms with Gasteiger partial charge in [-0.25, -0.2) is 4.79 Å². The lowest BCUT2D eigenvalue weighted by atomic mass is 9.88. The predicted octanol–water partition coefficient (Wildman–Crippen LogP) is 7.49.